The smallest absolute Gasteiger partial charge is 0.410 e. The predicted molar refractivity (Wildman–Crippen MR) is 78.0 cm³/mol. The van der Waals surface area contributed by atoms with Crippen LogP contribution in [0.5, 0.6) is 0 Å². The molecule has 0 unspecified atom stereocenters. The summed E-state index contributed by atoms with van der Waals surface area (Å²) in [6, 6.07) is 0. The molecule has 7 heteroatoms. The molecule has 1 fully saturated rings. The van der Waals surface area contributed by atoms with E-state index in [1.807, 2.05) is 20.8 Å². The topological polar surface area (TPSA) is 75.7 Å². The monoisotopic (exact) mass is 306 g/mol. The molecule has 0 aromatic heterocycles. The molecule has 1 heterocycles. The van der Waals surface area contributed by atoms with Gasteiger partial charge in [-0.2, -0.15) is 0 Å². The van der Waals surface area contributed by atoms with E-state index in [2.05, 4.69) is 4.72 Å². The van der Waals surface area contributed by atoms with E-state index in [1.165, 1.54) is 0 Å². The fourth-order valence-electron chi connectivity index (χ4n) is 1.99. The maximum atomic E-state index is 11.9. The Bertz CT molecular complexity index is 420. The zero-order valence-electron chi connectivity index (χ0n) is 12.8. The van der Waals surface area contributed by atoms with Gasteiger partial charge in [-0.3, -0.25) is 0 Å². The van der Waals surface area contributed by atoms with Gasteiger partial charge in [-0.15, -0.1) is 0 Å². The van der Waals surface area contributed by atoms with Gasteiger partial charge in [0.25, 0.3) is 0 Å². The average molecular weight is 306 g/mol. The van der Waals surface area contributed by atoms with Crippen molar-refractivity contribution in [2.45, 2.75) is 46.1 Å². The van der Waals surface area contributed by atoms with Crippen LogP contribution >= 0.6 is 0 Å². The molecule has 0 aliphatic carbocycles. The molecule has 0 radical (unpaired) electrons. The number of carbonyl (C=O) groups excluding carboxylic acids is 1. The Morgan fingerprint density at radius 1 is 1.30 bits per heavy atom. The maximum Gasteiger partial charge on any atom is 0.410 e. The number of ether oxygens (including phenoxy) is 1. The number of hydrogen-bond acceptors (Lipinski definition) is 4. The summed E-state index contributed by atoms with van der Waals surface area (Å²) in [6.07, 6.45) is 1.31. The van der Waals surface area contributed by atoms with Crippen LogP contribution in [0.1, 0.15) is 40.5 Å². The lowest BCUT2D eigenvalue weighted by atomic mass is 9.97. The summed E-state index contributed by atoms with van der Waals surface area (Å²) in [5.41, 5.74) is -0.481. The zero-order chi connectivity index (χ0) is 15.4. The molecule has 0 atom stereocenters. The Morgan fingerprint density at radius 3 is 2.30 bits per heavy atom. The van der Waals surface area contributed by atoms with Crippen molar-refractivity contribution in [3.63, 3.8) is 0 Å². The van der Waals surface area contributed by atoms with Crippen molar-refractivity contribution in [1.82, 2.24) is 9.62 Å². The summed E-state index contributed by atoms with van der Waals surface area (Å²) in [4.78, 5) is 13.6. The Kier molecular flexibility index (Phi) is 5.82. The third-order valence-corrected chi connectivity index (χ3v) is 4.60. The van der Waals surface area contributed by atoms with Crippen LogP contribution in [0.15, 0.2) is 0 Å². The first kappa shape index (κ1) is 17.2. The number of likely N-dealkylation sites (tertiary alicyclic amines) is 1. The average Bonchev–Trinajstić information content (AvgIpc) is 2.35. The first-order valence-corrected chi connectivity index (χ1v) is 8.73. The number of hydrogen-bond donors (Lipinski definition) is 1. The van der Waals surface area contributed by atoms with E-state index in [0.29, 0.717) is 19.6 Å². The minimum absolute atomic E-state index is 0.101. The number of sulfonamides is 1. The molecule has 0 spiro atoms. The maximum absolute atomic E-state index is 11.9. The second kappa shape index (κ2) is 6.76. The Labute approximate surface area is 121 Å². The number of amides is 1. The zero-order valence-corrected chi connectivity index (χ0v) is 13.6. The first-order chi connectivity index (χ1) is 9.13. The molecular weight excluding hydrogens is 280 g/mol. The fourth-order valence-corrected chi connectivity index (χ4v) is 2.69. The van der Waals surface area contributed by atoms with Crippen molar-refractivity contribution in [3.8, 4) is 0 Å². The highest BCUT2D eigenvalue weighted by Crippen LogP contribution is 2.19. The Balaban J connectivity index is 2.35. The van der Waals surface area contributed by atoms with Crippen molar-refractivity contribution in [3.05, 3.63) is 0 Å². The number of nitrogens with one attached hydrogen (secondary N) is 1. The van der Waals surface area contributed by atoms with Gasteiger partial charge in [-0.25, -0.2) is 17.9 Å². The summed E-state index contributed by atoms with van der Waals surface area (Å²) in [5.74, 6) is 0.388. The SMILES string of the molecule is CCS(=O)(=O)NCC1CCN(C(=O)OC(C)(C)C)CC1. The molecule has 1 aliphatic heterocycles. The highest BCUT2D eigenvalue weighted by atomic mass is 32.2. The van der Waals surface area contributed by atoms with E-state index in [0.717, 1.165) is 12.8 Å². The molecule has 118 valence electrons. The highest BCUT2D eigenvalue weighted by Gasteiger charge is 2.27. The largest absolute Gasteiger partial charge is 0.444 e. The minimum atomic E-state index is -3.13. The third kappa shape index (κ3) is 6.09. The van der Waals surface area contributed by atoms with Crippen LogP contribution in [-0.2, 0) is 14.8 Å². The number of piperidine rings is 1. The van der Waals surface area contributed by atoms with Crippen LogP contribution < -0.4 is 4.72 Å². The van der Waals surface area contributed by atoms with Gasteiger partial charge in [-0.05, 0) is 46.5 Å². The summed E-state index contributed by atoms with van der Waals surface area (Å²) in [7, 11) is -3.13. The molecule has 0 aromatic rings. The van der Waals surface area contributed by atoms with Gasteiger partial charge >= 0.3 is 6.09 Å². The lowest BCUT2D eigenvalue weighted by Crippen LogP contribution is -2.43. The number of nitrogens with zero attached hydrogens (tertiary/aromatic N) is 1. The summed E-state index contributed by atoms with van der Waals surface area (Å²) >= 11 is 0. The van der Waals surface area contributed by atoms with Crippen molar-refractivity contribution >= 4 is 16.1 Å². The van der Waals surface area contributed by atoms with Gasteiger partial charge in [0.05, 0.1) is 5.75 Å². The van der Waals surface area contributed by atoms with Gasteiger partial charge in [-0.1, -0.05) is 0 Å². The van der Waals surface area contributed by atoms with Crippen LogP contribution in [0.25, 0.3) is 0 Å². The summed E-state index contributed by atoms with van der Waals surface area (Å²) in [5, 5.41) is 0. The second-order valence-electron chi connectivity index (χ2n) is 6.16. The molecule has 0 bridgehead atoms. The molecule has 6 nitrogen and oxygen atoms in total. The van der Waals surface area contributed by atoms with Crippen LogP contribution in [0.3, 0.4) is 0 Å². The molecule has 1 aliphatic rings. The summed E-state index contributed by atoms with van der Waals surface area (Å²) in [6.45, 7) is 8.85. The standard InChI is InChI=1S/C13H26N2O4S/c1-5-20(17,18)14-10-11-6-8-15(9-7-11)12(16)19-13(2,3)4/h11,14H,5-10H2,1-4H3. The van der Waals surface area contributed by atoms with Crippen molar-refractivity contribution < 1.29 is 17.9 Å². The molecule has 1 rings (SSSR count). The quantitative estimate of drug-likeness (QED) is 0.855. The van der Waals surface area contributed by atoms with Crippen LogP contribution in [0.2, 0.25) is 0 Å². The van der Waals surface area contributed by atoms with E-state index < -0.39 is 15.6 Å². The molecule has 20 heavy (non-hydrogen) atoms. The lowest BCUT2D eigenvalue weighted by molar-refractivity contribution is 0.0185. The van der Waals surface area contributed by atoms with E-state index in [9.17, 15) is 13.2 Å². The summed E-state index contributed by atoms with van der Waals surface area (Å²) < 4.78 is 30.7. The van der Waals surface area contributed by atoms with Gasteiger partial charge in [0.2, 0.25) is 10.0 Å². The van der Waals surface area contributed by atoms with Gasteiger partial charge in [0.1, 0.15) is 5.60 Å². The van der Waals surface area contributed by atoms with Gasteiger partial charge in [0.15, 0.2) is 0 Å². The predicted octanol–water partition coefficient (Wildman–Crippen LogP) is 1.57. The third-order valence-electron chi connectivity index (χ3n) is 3.24. The van der Waals surface area contributed by atoms with Gasteiger partial charge in [0, 0.05) is 19.6 Å². The van der Waals surface area contributed by atoms with Crippen molar-refractivity contribution in [2.75, 3.05) is 25.4 Å². The number of rotatable bonds is 4. The fraction of sp³-hybridized carbons (Fsp3) is 0.923. The molecule has 1 N–H and O–H groups in total. The Hall–Kier alpha value is -0.820. The van der Waals surface area contributed by atoms with E-state index >= 15 is 0 Å². The van der Waals surface area contributed by atoms with E-state index in [4.69, 9.17) is 4.74 Å². The van der Waals surface area contributed by atoms with Gasteiger partial charge < -0.3 is 9.64 Å². The van der Waals surface area contributed by atoms with Crippen molar-refractivity contribution in [1.29, 1.82) is 0 Å². The van der Waals surface area contributed by atoms with E-state index in [-0.39, 0.29) is 17.8 Å². The molecule has 1 saturated heterocycles. The molecule has 0 saturated carbocycles. The molecular formula is C13H26N2O4S. The highest BCUT2D eigenvalue weighted by molar-refractivity contribution is 7.89. The van der Waals surface area contributed by atoms with Crippen LogP contribution in [0, 0.1) is 5.92 Å². The molecule has 1 amide bonds. The van der Waals surface area contributed by atoms with Crippen molar-refractivity contribution in [2.24, 2.45) is 5.92 Å². The van der Waals surface area contributed by atoms with E-state index in [1.54, 1.807) is 11.8 Å². The van der Waals surface area contributed by atoms with Crippen LogP contribution in [-0.4, -0.2) is 50.4 Å². The number of carbonyl (C=O) groups is 1. The second-order valence-corrected chi connectivity index (χ2v) is 8.26. The lowest BCUT2D eigenvalue weighted by Gasteiger charge is -2.33. The Morgan fingerprint density at radius 2 is 1.85 bits per heavy atom. The van der Waals surface area contributed by atoms with Crippen LogP contribution in [0.4, 0.5) is 4.79 Å². The minimum Gasteiger partial charge on any atom is -0.444 e. The first-order valence-electron chi connectivity index (χ1n) is 7.08. The molecule has 0 aromatic carbocycles. The normalized spacial score (nSPS) is 18.1.